The molecule has 0 radical (unpaired) electrons. The van der Waals surface area contributed by atoms with Crippen molar-refractivity contribution in [1.29, 1.82) is 0 Å². The summed E-state index contributed by atoms with van der Waals surface area (Å²) in [6.07, 6.45) is 6.24. The molecule has 0 heterocycles. The first-order chi connectivity index (χ1) is 10.1. The lowest BCUT2D eigenvalue weighted by Crippen LogP contribution is -2.24. The van der Waals surface area contributed by atoms with Crippen LogP contribution in [0.1, 0.15) is 58.3 Å². The predicted molar refractivity (Wildman–Crippen MR) is 80.6 cm³/mol. The summed E-state index contributed by atoms with van der Waals surface area (Å²) >= 11 is 0. The summed E-state index contributed by atoms with van der Waals surface area (Å²) in [6, 6.07) is 0. The molecule has 2 amide bonds. The largest absolute Gasteiger partial charge is 0.469 e. The van der Waals surface area contributed by atoms with Gasteiger partial charge in [-0.3, -0.25) is 14.4 Å². The Morgan fingerprint density at radius 1 is 0.810 bits per heavy atom. The van der Waals surface area contributed by atoms with E-state index in [9.17, 15) is 14.4 Å². The van der Waals surface area contributed by atoms with Crippen molar-refractivity contribution in [2.75, 3.05) is 20.2 Å². The van der Waals surface area contributed by atoms with Gasteiger partial charge in [0.1, 0.15) is 0 Å². The van der Waals surface area contributed by atoms with Crippen molar-refractivity contribution < 1.29 is 19.1 Å². The van der Waals surface area contributed by atoms with Gasteiger partial charge in [0.05, 0.1) is 7.11 Å². The highest BCUT2D eigenvalue weighted by molar-refractivity contribution is 5.75. The quantitative estimate of drug-likeness (QED) is 0.423. The summed E-state index contributed by atoms with van der Waals surface area (Å²) < 4.78 is 4.55. The molecule has 0 atom stereocenters. The minimum atomic E-state index is -0.182. The molecule has 0 unspecified atom stereocenters. The number of hydrogen-bond acceptors (Lipinski definition) is 4. The number of amides is 2. The summed E-state index contributed by atoms with van der Waals surface area (Å²) in [5.41, 5.74) is 0. The second-order valence-electron chi connectivity index (χ2n) is 5.03. The maximum atomic E-state index is 11.5. The maximum Gasteiger partial charge on any atom is 0.305 e. The van der Waals surface area contributed by atoms with Crippen LogP contribution in [0.4, 0.5) is 0 Å². The van der Waals surface area contributed by atoms with Crippen molar-refractivity contribution in [1.82, 2.24) is 10.6 Å². The molecule has 0 aliphatic carbocycles. The Balaban J connectivity index is 3.27. The lowest BCUT2D eigenvalue weighted by molar-refractivity contribution is -0.140. The normalized spacial score (nSPS) is 10.0. The van der Waals surface area contributed by atoms with Crippen LogP contribution in [-0.2, 0) is 19.1 Å². The first-order valence-electron chi connectivity index (χ1n) is 7.64. The van der Waals surface area contributed by atoms with E-state index < -0.39 is 0 Å². The number of methoxy groups -OCH3 is 1. The van der Waals surface area contributed by atoms with Gasteiger partial charge in [-0.2, -0.15) is 0 Å². The lowest BCUT2D eigenvalue weighted by atomic mass is 10.1. The van der Waals surface area contributed by atoms with E-state index in [-0.39, 0.29) is 17.8 Å². The number of rotatable bonds is 12. The molecule has 0 aliphatic heterocycles. The SMILES string of the molecule is COC(=O)CCCCCNC(=O)CCCCCNC(C)=O. The summed E-state index contributed by atoms with van der Waals surface area (Å²) in [5, 5.41) is 5.60. The highest BCUT2D eigenvalue weighted by atomic mass is 16.5. The Kier molecular flexibility index (Phi) is 12.4. The molecule has 0 saturated heterocycles. The van der Waals surface area contributed by atoms with Crippen LogP contribution in [0.25, 0.3) is 0 Å². The number of nitrogens with one attached hydrogen (secondary N) is 2. The van der Waals surface area contributed by atoms with Crippen LogP contribution in [0, 0.1) is 0 Å². The van der Waals surface area contributed by atoms with Gasteiger partial charge in [-0.25, -0.2) is 0 Å². The number of carbonyl (C=O) groups excluding carboxylic acids is 3. The molecular formula is C15H28N2O4. The predicted octanol–water partition coefficient (Wildman–Crippen LogP) is 1.53. The van der Waals surface area contributed by atoms with Gasteiger partial charge in [0, 0.05) is 32.9 Å². The molecule has 0 aromatic rings. The molecule has 0 aromatic carbocycles. The standard InChI is InChI=1S/C15H28N2O4/c1-13(18)16-11-7-3-5-9-14(19)17-12-8-4-6-10-15(20)21-2/h3-12H2,1-2H3,(H,16,18)(H,17,19). The minimum Gasteiger partial charge on any atom is -0.469 e. The van der Waals surface area contributed by atoms with Crippen molar-refractivity contribution in [3.8, 4) is 0 Å². The Morgan fingerprint density at radius 3 is 1.95 bits per heavy atom. The summed E-state index contributed by atoms with van der Waals surface area (Å²) in [6.45, 7) is 2.83. The molecule has 6 nitrogen and oxygen atoms in total. The van der Waals surface area contributed by atoms with E-state index in [0.717, 1.165) is 38.5 Å². The van der Waals surface area contributed by atoms with Crippen LogP contribution < -0.4 is 10.6 Å². The van der Waals surface area contributed by atoms with E-state index in [4.69, 9.17) is 0 Å². The molecule has 0 spiro atoms. The fourth-order valence-electron chi connectivity index (χ4n) is 1.84. The summed E-state index contributed by atoms with van der Waals surface area (Å²) in [4.78, 5) is 33.0. The Morgan fingerprint density at radius 2 is 1.38 bits per heavy atom. The molecule has 0 fully saturated rings. The van der Waals surface area contributed by atoms with Crippen LogP contribution in [0.15, 0.2) is 0 Å². The van der Waals surface area contributed by atoms with E-state index in [2.05, 4.69) is 15.4 Å². The van der Waals surface area contributed by atoms with E-state index in [0.29, 0.717) is 25.9 Å². The smallest absolute Gasteiger partial charge is 0.305 e. The highest BCUT2D eigenvalue weighted by Crippen LogP contribution is 2.01. The first-order valence-corrected chi connectivity index (χ1v) is 7.64. The Hall–Kier alpha value is -1.59. The average molecular weight is 300 g/mol. The van der Waals surface area contributed by atoms with Crippen molar-refractivity contribution in [3.63, 3.8) is 0 Å². The molecule has 2 N–H and O–H groups in total. The monoisotopic (exact) mass is 300 g/mol. The van der Waals surface area contributed by atoms with Crippen LogP contribution in [0.2, 0.25) is 0 Å². The number of carbonyl (C=O) groups is 3. The zero-order chi connectivity index (χ0) is 15.9. The van der Waals surface area contributed by atoms with Gasteiger partial charge < -0.3 is 15.4 Å². The third-order valence-electron chi connectivity index (χ3n) is 3.06. The first kappa shape index (κ1) is 19.4. The fraction of sp³-hybridized carbons (Fsp3) is 0.800. The van der Waals surface area contributed by atoms with E-state index in [1.54, 1.807) is 0 Å². The van der Waals surface area contributed by atoms with Gasteiger partial charge in [-0.15, -0.1) is 0 Å². The molecule has 21 heavy (non-hydrogen) atoms. The molecule has 0 rings (SSSR count). The zero-order valence-electron chi connectivity index (χ0n) is 13.2. The van der Waals surface area contributed by atoms with Crippen LogP contribution in [0.3, 0.4) is 0 Å². The van der Waals surface area contributed by atoms with Crippen LogP contribution in [0.5, 0.6) is 0 Å². The van der Waals surface area contributed by atoms with E-state index in [1.165, 1.54) is 14.0 Å². The second kappa shape index (κ2) is 13.4. The van der Waals surface area contributed by atoms with Crippen LogP contribution in [-0.4, -0.2) is 38.0 Å². The van der Waals surface area contributed by atoms with Gasteiger partial charge in [0.25, 0.3) is 0 Å². The third kappa shape index (κ3) is 14.6. The van der Waals surface area contributed by atoms with Crippen LogP contribution >= 0.6 is 0 Å². The second-order valence-corrected chi connectivity index (χ2v) is 5.03. The molecule has 122 valence electrons. The maximum absolute atomic E-state index is 11.5. The average Bonchev–Trinajstić information content (AvgIpc) is 2.45. The lowest BCUT2D eigenvalue weighted by Gasteiger charge is -2.05. The van der Waals surface area contributed by atoms with Crippen molar-refractivity contribution in [3.05, 3.63) is 0 Å². The van der Waals surface area contributed by atoms with E-state index >= 15 is 0 Å². The Labute approximate surface area is 127 Å². The zero-order valence-corrected chi connectivity index (χ0v) is 13.2. The number of ether oxygens (including phenoxy) is 1. The molecule has 6 heteroatoms. The van der Waals surface area contributed by atoms with Crippen molar-refractivity contribution >= 4 is 17.8 Å². The Bertz CT molecular complexity index is 319. The summed E-state index contributed by atoms with van der Waals surface area (Å²) in [7, 11) is 1.39. The van der Waals surface area contributed by atoms with E-state index in [1.807, 2.05) is 0 Å². The molecular weight excluding hydrogens is 272 g/mol. The molecule has 0 aromatic heterocycles. The summed E-state index contributed by atoms with van der Waals surface area (Å²) in [5.74, 6) is -0.124. The molecule has 0 aliphatic rings. The van der Waals surface area contributed by atoms with Gasteiger partial charge in [-0.05, 0) is 25.7 Å². The van der Waals surface area contributed by atoms with Gasteiger partial charge >= 0.3 is 5.97 Å². The highest BCUT2D eigenvalue weighted by Gasteiger charge is 2.02. The minimum absolute atomic E-state index is 0.0139. The molecule has 0 saturated carbocycles. The molecule has 0 bridgehead atoms. The topological polar surface area (TPSA) is 84.5 Å². The number of hydrogen-bond donors (Lipinski definition) is 2. The van der Waals surface area contributed by atoms with Gasteiger partial charge in [0.2, 0.25) is 11.8 Å². The van der Waals surface area contributed by atoms with Gasteiger partial charge in [-0.1, -0.05) is 12.8 Å². The number of esters is 1. The number of unbranched alkanes of at least 4 members (excludes halogenated alkanes) is 4. The van der Waals surface area contributed by atoms with Crippen molar-refractivity contribution in [2.24, 2.45) is 0 Å². The van der Waals surface area contributed by atoms with Gasteiger partial charge in [0.15, 0.2) is 0 Å². The fourth-order valence-corrected chi connectivity index (χ4v) is 1.84. The third-order valence-corrected chi connectivity index (χ3v) is 3.06. The van der Waals surface area contributed by atoms with Crippen molar-refractivity contribution in [2.45, 2.75) is 58.3 Å².